The van der Waals surface area contributed by atoms with Crippen LogP contribution in [-0.4, -0.2) is 62.6 Å². The quantitative estimate of drug-likeness (QED) is 0.318. The second-order valence-electron chi connectivity index (χ2n) is 6.69. The molecule has 10 heteroatoms. The maximum absolute atomic E-state index is 5.93. The second kappa shape index (κ2) is 9.83. The number of nitrogens with one attached hydrogen (secondary N) is 2. The van der Waals surface area contributed by atoms with E-state index in [9.17, 15) is 0 Å². The van der Waals surface area contributed by atoms with E-state index in [0.717, 1.165) is 41.6 Å². The van der Waals surface area contributed by atoms with Crippen LogP contribution in [0, 0.1) is 0 Å². The van der Waals surface area contributed by atoms with Crippen molar-refractivity contribution < 1.29 is 4.74 Å². The number of aromatic nitrogens is 5. The van der Waals surface area contributed by atoms with Crippen molar-refractivity contribution in [2.45, 2.75) is 12.6 Å². The van der Waals surface area contributed by atoms with Crippen molar-refractivity contribution in [3.8, 4) is 11.4 Å². The van der Waals surface area contributed by atoms with Gasteiger partial charge in [0.1, 0.15) is 12.4 Å². The molecule has 0 saturated carbocycles. The minimum atomic E-state index is -0.00391. The largest absolute Gasteiger partial charge is 0.370 e. The number of aliphatic imine (C=N–C) groups is 1. The molecule has 29 heavy (non-hydrogen) atoms. The number of H-pyrrole nitrogens is 1. The summed E-state index contributed by atoms with van der Waals surface area (Å²) < 4.78 is 7.73. The highest BCUT2D eigenvalue weighted by Crippen LogP contribution is 2.22. The molecule has 154 valence electrons. The van der Waals surface area contributed by atoms with Crippen LogP contribution in [-0.2, 0) is 18.3 Å². The van der Waals surface area contributed by atoms with Crippen molar-refractivity contribution in [3.63, 3.8) is 0 Å². The van der Waals surface area contributed by atoms with Crippen LogP contribution >= 0.6 is 24.0 Å². The predicted octanol–water partition coefficient (Wildman–Crippen LogP) is 1.97. The SMILES string of the molecule is CN=C(NCc1cccc(-c2ncn[nH]2)c1)N1CCOC(c2cnn(C)c2)C1.I. The number of halogens is 1. The molecule has 3 aromatic rings. The first-order chi connectivity index (χ1) is 13.7. The zero-order valence-electron chi connectivity index (χ0n) is 16.4. The smallest absolute Gasteiger partial charge is 0.194 e. The Kier molecular flexibility index (Phi) is 7.20. The van der Waals surface area contributed by atoms with Gasteiger partial charge in [-0.3, -0.25) is 14.8 Å². The summed E-state index contributed by atoms with van der Waals surface area (Å²) in [6.07, 6.45) is 5.37. The number of hydrogen-bond acceptors (Lipinski definition) is 5. The van der Waals surface area contributed by atoms with Crippen LogP contribution in [0.2, 0.25) is 0 Å². The van der Waals surface area contributed by atoms with Gasteiger partial charge in [0.15, 0.2) is 11.8 Å². The number of aromatic amines is 1. The number of nitrogens with zero attached hydrogens (tertiary/aromatic N) is 6. The predicted molar refractivity (Wildman–Crippen MR) is 121 cm³/mol. The monoisotopic (exact) mass is 508 g/mol. The van der Waals surface area contributed by atoms with Crippen LogP contribution in [0.5, 0.6) is 0 Å². The van der Waals surface area contributed by atoms with Gasteiger partial charge in [-0.2, -0.15) is 10.2 Å². The second-order valence-corrected chi connectivity index (χ2v) is 6.69. The zero-order chi connectivity index (χ0) is 19.3. The Morgan fingerprint density at radius 2 is 2.31 bits per heavy atom. The van der Waals surface area contributed by atoms with E-state index in [4.69, 9.17) is 4.74 Å². The maximum atomic E-state index is 5.93. The lowest BCUT2D eigenvalue weighted by atomic mass is 10.1. The lowest BCUT2D eigenvalue weighted by Gasteiger charge is -2.34. The van der Waals surface area contributed by atoms with Gasteiger partial charge in [0.2, 0.25) is 0 Å². The van der Waals surface area contributed by atoms with Crippen LogP contribution in [0.25, 0.3) is 11.4 Å². The molecule has 1 fully saturated rings. The molecule has 1 saturated heterocycles. The fourth-order valence-electron chi connectivity index (χ4n) is 3.34. The Bertz CT molecular complexity index is 939. The summed E-state index contributed by atoms with van der Waals surface area (Å²) in [6, 6.07) is 8.21. The normalized spacial score (nSPS) is 17.1. The van der Waals surface area contributed by atoms with E-state index in [0.29, 0.717) is 13.2 Å². The Hall–Kier alpha value is -2.47. The van der Waals surface area contributed by atoms with E-state index in [1.54, 1.807) is 4.68 Å². The molecule has 9 nitrogen and oxygen atoms in total. The van der Waals surface area contributed by atoms with Gasteiger partial charge in [-0.1, -0.05) is 18.2 Å². The van der Waals surface area contributed by atoms with Crippen molar-refractivity contribution in [1.29, 1.82) is 0 Å². The number of guanidine groups is 1. The van der Waals surface area contributed by atoms with Crippen LogP contribution in [0.15, 0.2) is 48.0 Å². The Morgan fingerprint density at radius 3 is 3.03 bits per heavy atom. The van der Waals surface area contributed by atoms with Gasteiger partial charge in [0, 0.05) is 44.5 Å². The minimum absolute atomic E-state index is 0. The van der Waals surface area contributed by atoms with Crippen molar-refractivity contribution in [1.82, 2.24) is 35.2 Å². The molecule has 1 unspecified atom stereocenters. The summed E-state index contributed by atoms with van der Waals surface area (Å²) in [5.41, 5.74) is 3.24. The van der Waals surface area contributed by atoms with Crippen molar-refractivity contribution >= 4 is 29.9 Å². The molecule has 2 aromatic heterocycles. The molecule has 4 rings (SSSR count). The van der Waals surface area contributed by atoms with Gasteiger partial charge >= 0.3 is 0 Å². The first-order valence-electron chi connectivity index (χ1n) is 9.23. The fourth-order valence-corrected chi connectivity index (χ4v) is 3.34. The van der Waals surface area contributed by atoms with Gasteiger partial charge in [0.05, 0.1) is 19.3 Å². The number of ether oxygens (including phenoxy) is 1. The van der Waals surface area contributed by atoms with E-state index >= 15 is 0 Å². The molecule has 1 aromatic carbocycles. The molecular formula is C19H25IN8O. The van der Waals surface area contributed by atoms with E-state index in [2.05, 4.69) is 47.6 Å². The lowest BCUT2D eigenvalue weighted by molar-refractivity contribution is -0.00805. The average molecular weight is 508 g/mol. The molecule has 1 aliphatic heterocycles. The number of benzene rings is 1. The summed E-state index contributed by atoms with van der Waals surface area (Å²) in [5, 5.41) is 14.5. The summed E-state index contributed by atoms with van der Waals surface area (Å²) in [6.45, 7) is 2.86. The number of aryl methyl sites for hydroxylation is 1. The van der Waals surface area contributed by atoms with Crippen LogP contribution in [0.1, 0.15) is 17.2 Å². The van der Waals surface area contributed by atoms with Gasteiger partial charge in [-0.05, 0) is 11.6 Å². The van der Waals surface area contributed by atoms with E-state index in [1.165, 1.54) is 6.33 Å². The standard InChI is InChI=1S/C19H24N8O.HI/c1-20-19(27-6-7-28-17(12-27)16-10-24-26(2)11-16)21-9-14-4-3-5-15(8-14)18-22-13-23-25-18;/h3-5,8,10-11,13,17H,6-7,9,12H2,1-2H3,(H,20,21)(H,22,23,25);1H. The molecular weight excluding hydrogens is 483 g/mol. The summed E-state index contributed by atoms with van der Waals surface area (Å²) in [7, 11) is 3.72. The Balaban J connectivity index is 0.00000240. The lowest BCUT2D eigenvalue weighted by Crippen LogP contribution is -2.47. The van der Waals surface area contributed by atoms with Crippen LogP contribution < -0.4 is 5.32 Å². The van der Waals surface area contributed by atoms with Gasteiger partial charge in [-0.25, -0.2) is 4.98 Å². The molecule has 2 N–H and O–H groups in total. The molecule has 3 heterocycles. The third-order valence-corrected chi connectivity index (χ3v) is 4.74. The van der Waals surface area contributed by atoms with Gasteiger partial charge < -0.3 is 15.0 Å². The highest BCUT2D eigenvalue weighted by Gasteiger charge is 2.25. The molecule has 0 amide bonds. The van der Waals surface area contributed by atoms with Crippen molar-refractivity contribution in [2.24, 2.45) is 12.0 Å². The molecule has 0 aliphatic carbocycles. The number of rotatable bonds is 4. The van der Waals surface area contributed by atoms with Crippen molar-refractivity contribution in [3.05, 3.63) is 54.1 Å². The molecule has 0 bridgehead atoms. The van der Waals surface area contributed by atoms with E-state index in [1.807, 2.05) is 38.6 Å². The van der Waals surface area contributed by atoms with E-state index in [-0.39, 0.29) is 30.1 Å². The molecule has 1 aliphatic rings. The Labute approximate surface area is 186 Å². The maximum Gasteiger partial charge on any atom is 0.194 e. The fraction of sp³-hybridized carbons (Fsp3) is 0.368. The molecule has 0 spiro atoms. The van der Waals surface area contributed by atoms with Crippen molar-refractivity contribution in [2.75, 3.05) is 26.7 Å². The first kappa shape index (κ1) is 21.2. The Morgan fingerprint density at radius 1 is 1.41 bits per heavy atom. The average Bonchev–Trinajstić information content (AvgIpc) is 3.41. The first-order valence-corrected chi connectivity index (χ1v) is 9.23. The minimum Gasteiger partial charge on any atom is -0.370 e. The third kappa shape index (κ3) is 5.12. The van der Waals surface area contributed by atoms with Crippen LogP contribution in [0.4, 0.5) is 0 Å². The summed E-state index contributed by atoms with van der Waals surface area (Å²) >= 11 is 0. The zero-order valence-corrected chi connectivity index (χ0v) is 18.8. The highest BCUT2D eigenvalue weighted by molar-refractivity contribution is 14.0. The summed E-state index contributed by atoms with van der Waals surface area (Å²) in [4.78, 5) is 10.9. The molecule has 1 atom stereocenters. The summed E-state index contributed by atoms with van der Waals surface area (Å²) in [5.74, 6) is 1.63. The number of morpholine rings is 1. The molecule has 0 radical (unpaired) electrons. The van der Waals surface area contributed by atoms with Gasteiger partial charge in [0.25, 0.3) is 0 Å². The number of hydrogen-bond donors (Lipinski definition) is 2. The highest BCUT2D eigenvalue weighted by atomic mass is 127. The van der Waals surface area contributed by atoms with Crippen LogP contribution in [0.3, 0.4) is 0 Å². The van der Waals surface area contributed by atoms with Gasteiger partial charge in [-0.15, -0.1) is 24.0 Å². The topological polar surface area (TPSA) is 96.2 Å². The third-order valence-electron chi connectivity index (χ3n) is 4.74. The van der Waals surface area contributed by atoms with E-state index < -0.39 is 0 Å².